The molecule has 0 radical (unpaired) electrons. The predicted molar refractivity (Wildman–Crippen MR) is 77.1 cm³/mol. The number of carbonyl (C=O) groups is 1. The van der Waals surface area contributed by atoms with Crippen molar-refractivity contribution in [2.24, 2.45) is 5.92 Å². The van der Waals surface area contributed by atoms with Gasteiger partial charge in [-0.2, -0.15) is 0 Å². The summed E-state index contributed by atoms with van der Waals surface area (Å²) in [5.74, 6) is -1.52. The number of nitro groups is 1. The molecular weight excluding hydrogens is 279 g/mol. The number of nitrogens with zero attached hydrogens (tertiary/aromatic N) is 2. The van der Waals surface area contributed by atoms with E-state index in [2.05, 4.69) is 4.74 Å². The lowest BCUT2D eigenvalue weighted by Crippen LogP contribution is -2.25. The zero-order valence-electron chi connectivity index (χ0n) is 12.6. The van der Waals surface area contributed by atoms with Crippen LogP contribution in [0.4, 0.5) is 15.8 Å². The second-order valence-corrected chi connectivity index (χ2v) is 4.96. The maximum Gasteiger partial charge on any atom is 0.340 e. The summed E-state index contributed by atoms with van der Waals surface area (Å²) in [7, 11) is 2.80. The third-order valence-corrected chi connectivity index (χ3v) is 3.36. The molecule has 1 atom stereocenters. The van der Waals surface area contributed by atoms with E-state index in [1.165, 1.54) is 6.07 Å². The lowest BCUT2D eigenvalue weighted by molar-refractivity contribution is -0.384. The Hall–Kier alpha value is -2.18. The molecule has 0 N–H and O–H groups in total. The van der Waals surface area contributed by atoms with Crippen molar-refractivity contribution in [3.05, 3.63) is 33.6 Å². The molecular formula is C14H19FN2O4. The SMILES string of the molecule is CCC(C)CN(C)c1cc(C(=O)OC)c(F)cc1[N+](=O)[O-]. The van der Waals surface area contributed by atoms with Gasteiger partial charge in [-0.15, -0.1) is 0 Å². The Balaban J connectivity index is 3.32. The van der Waals surface area contributed by atoms with Gasteiger partial charge in [0.25, 0.3) is 5.69 Å². The van der Waals surface area contributed by atoms with Crippen LogP contribution in [0.5, 0.6) is 0 Å². The number of benzene rings is 1. The van der Waals surface area contributed by atoms with Crippen molar-refractivity contribution >= 4 is 17.3 Å². The number of carbonyl (C=O) groups excluding carboxylic acids is 1. The molecule has 1 rings (SSSR count). The second-order valence-electron chi connectivity index (χ2n) is 4.96. The van der Waals surface area contributed by atoms with E-state index in [0.717, 1.165) is 19.6 Å². The zero-order chi connectivity index (χ0) is 16.2. The number of methoxy groups -OCH3 is 1. The molecule has 6 nitrogen and oxygen atoms in total. The molecule has 0 spiro atoms. The molecule has 0 aliphatic rings. The predicted octanol–water partition coefficient (Wildman–Crippen LogP) is 3.00. The Bertz CT molecular complexity index is 548. The Morgan fingerprint density at radius 1 is 1.52 bits per heavy atom. The van der Waals surface area contributed by atoms with Crippen molar-refractivity contribution < 1.29 is 18.8 Å². The Labute approximate surface area is 122 Å². The molecule has 0 aromatic heterocycles. The Morgan fingerprint density at radius 3 is 2.62 bits per heavy atom. The van der Waals surface area contributed by atoms with Gasteiger partial charge in [-0.3, -0.25) is 10.1 Å². The molecule has 0 saturated carbocycles. The molecule has 7 heteroatoms. The van der Waals surface area contributed by atoms with E-state index < -0.39 is 16.7 Å². The number of hydrogen-bond acceptors (Lipinski definition) is 5. The summed E-state index contributed by atoms with van der Waals surface area (Å²) in [5.41, 5.74) is -0.484. The summed E-state index contributed by atoms with van der Waals surface area (Å²) in [5, 5.41) is 11.1. The molecule has 0 aliphatic heterocycles. The summed E-state index contributed by atoms with van der Waals surface area (Å²) < 4.78 is 18.3. The summed E-state index contributed by atoms with van der Waals surface area (Å²) >= 11 is 0. The first-order valence-corrected chi connectivity index (χ1v) is 6.59. The zero-order valence-corrected chi connectivity index (χ0v) is 12.6. The highest BCUT2D eigenvalue weighted by atomic mass is 19.1. The average Bonchev–Trinajstić information content (AvgIpc) is 2.45. The molecule has 0 saturated heterocycles. The van der Waals surface area contributed by atoms with Gasteiger partial charge in [-0.1, -0.05) is 20.3 Å². The van der Waals surface area contributed by atoms with Crippen LogP contribution in [-0.4, -0.2) is 31.6 Å². The minimum absolute atomic E-state index is 0.196. The van der Waals surface area contributed by atoms with Crippen molar-refractivity contribution in [3.8, 4) is 0 Å². The van der Waals surface area contributed by atoms with Gasteiger partial charge in [-0.05, 0) is 12.0 Å². The Kier molecular flexibility index (Phi) is 5.63. The quantitative estimate of drug-likeness (QED) is 0.458. The van der Waals surface area contributed by atoms with E-state index in [1.807, 2.05) is 13.8 Å². The van der Waals surface area contributed by atoms with Gasteiger partial charge in [0.1, 0.15) is 11.5 Å². The number of ether oxygens (including phenoxy) is 1. The number of anilines is 1. The van der Waals surface area contributed by atoms with Gasteiger partial charge in [0.15, 0.2) is 0 Å². The minimum Gasteiger partial charge on any atom is -0.465 e. The average molecular weight is 298 g/mol. The first-order valence-electron chi connectivity index (χ1n) is 6.59. The standard InChI is InChI=1S/C14H19FN2O4/c1-5-9(2)8-16(3)12-6-10(14(18)21-4)11(15)7-13(12)17(19)20/h6-7,9H,5,8H2,1-4H3. The van der Waals surface area contributed by atoms with Crippen LogP contribution in [0.1, 0.15) is 30.6 Å². The van der Waals surface area contributed by atoms with Crippen LogP contribution in [0, 0.1) is 21.8 Å². The lowest BCUT2D eigenvalue weighted by Gasteiger charge is -2.23. The lowest BCUT2D eigenvalue weighted by atomic mass is 10.1. The number of nitro benzene ring substituents is 1. The fourth-order valence-electron chi connectivity index (χ4n) is 1.96. The fraction of sp³-hybridized carbons (Fsp3) is 0.500. The first kappa shape index (κ1) is 16.9. The molecule has 1 aromatic carbocycles. The first-order chi connectivity index (χ1) is 9.81. The van der Waals surface area contributed by atoms with E-state index in [1.54, 1.807) is 11.9 Å². The summed E-state index contributed by atoms with van der Waals surface area (Å²) in [4.78, 5) is 23.6. The highest BCUT2D eigenvalue weighted by Gasteiger charge is 2.24. The van der Waals surface area contributed by atoms with Gasteiger partial charge in [0.05, 0.1) is 23.7 Å². The van der Waals surface area contributed by atoms with Crippen molar-refractivity contribution in [1.29, 1.82) is 0 Å². The molecule has 0 heterocycles. The molecule has 21 heavy (non-hydrogen) atoms. The fourth-order valence-corrected chi connectivity index (χ4v) is 1.96. The van der Waals surface area contributed by atoms with Crippen LogP contribution in [0.25, 0.3) is 0 Å². The second kappa shape index (κ2) is 7.01. The van der Waals surface area contributed by atoms with Gasteiger partial charge < -0.3 is 9.64 Å². The maximum absolute atomic E-state index is 13.8. The molecule has 0 amide bonds. The van der Waals surface area contributed by atoms with Crippen LogP contribution in [-0.2, 0) is 4.74 Å². The van der Waals surface area contributed by atoms with E-state index in [0.29, 0.717) is 12.5 Å². The third kappa shape index (κ3) is 3.90. The van der Waals surface area contributed by atoms with Gasteiger partial charge in [-0.25, -0.2) is 9.18 Å². The number of hydrogen-bond donors (Lipinski definition) is 0. The van der Waals surface area contributed by atoms with Crippen LogP contribution in [0.2, 0.25) is 0 Å². The van der Waals surface area contributed by atoms with Gasteiger partial charge in [0, 0.05) is 13.6 Å². The molecule has 1 aromatic rings. The smallest absolute Gasteiger partial charge is 0.340 e. The van der Waals surface area contributed by atoms with Crippen LogP contribution in [0.3, 0.4) is 0 Å². The third-order valence-electron chi connectivity index (χ3n) is 3.36. The van der Waals surface area contributed by atoms with Crippen molar-refractivity contribution in [2.75, 3.05) is 25.6 Å². The maximum atomic E-state index is 13.8. The number of rotatable bonds is 6. The molecule has 0 fully saturated rings. The van der Waals surface area contributed by atoms with E-state index >= 15 is 0 Å². The van der Waals surface area contributed by atoms with Gasteiger partial charge >= 0.3 is 5.97 Å². The molecule has 116 valence electrons. The van der Waals surface area contributed by atoms with Crippen LogP contribution in [0.15, 0.2) is 12.1 Å². The van der Waals surface area contributed by atoms with E-state index in [4.69, 9.17) is 0 Å². The number of esters is 1. The molecule has 0 bridgehead atoms. The number of halogens is 1. The monoisotopic (exact) mass is 298 g/mol. The highest BCUT2D eigenvalue weighted by Crippen LogP contribution is 2.31. The van der Waals surface area contributed by atoms with Crippen molar-refractivity contribution in [3.63, 3.8) is 0 Å². The largest absolute Gasteiger partial charge is 0.465 e. The van der Waals surface area contributed by atoms with Crippen molar-refractivity contribution in [1.82, 2.24) is 0 Å². The summed E-state index contributed by atoms with van der Waals surface area (Å²) in [6.45, 7) is 4.58. The molecule has 1 unspecified atom stereocenters. The van der Waals surface area contributed by atoms with E-state index in [-0.39, 0.29) is 16.9 Å². The Morgan fingerprint density at radius 2 is 2.14 bits per heavy atom. The minimum atomic E-state index is -0.964. The normalized spacial score (nSPS) is 11.9. The van der Waals surface area contributed by atoms with Crippen LogP contribution < -0.4 is 4.90 Å². The highest BCUT2D eigenvalue weighted by molar-refractivity contribution is 5.92. The topological polar surface area (TPSA) is 72.7 Å². The van der Waals surface area contributed by atoms with Crippen LogP contribution >= 0.6 is 0 Å². The summed E-state index contributed by atoms with van der Waals surface area (Å²) in [6, 6.07) is 1.93. The van der Waals surface area contributed by atoms with E-state index in [9.17, 15) is 19.3 Å². The summed E-state index contributed by atoms with van der Waals surface area (Å²) in [6.07, 6.45) is 0.906. The molecule has 0 aliphatic carbocycles. The van der Waals surface area contributed by atoms with Crippen molar-refractivity contribution in [2.45, 2.75) is 20.3 Å². The van der Waals surface area contributed by atoms with Gasteiger partial charge in [0.2, 0.25) is 0 Å².